The van der Waals surface area contributed by atoms with E-state index in [1.54, 1.807) is 12.1 Å². The van der Waals surface area contributed by atoms with E-state index in [0.29, 0.717) is 13.1 Å². The summed E-state index contributed by atoms with van der Waals surface area (Å²) in [6.07, 6.45) is 1.74. The normalized spacial score (nSPS) is 19.9. The van der Waals surface area contributed by atoms with Crippen LogP contribution in [-0.2, 0) is 31.2 Å². The molecule has 4 rings (SSSR count). The van der Waals surface area contributed by atoms with Crippen molar-refractivity contribution in [2.75, 3.05) is 24.6 Å². The number of rotatable bonds is 8. The molecule has 172 valence electrons. The molecule has 1 aliphatic carbocycles. The number of carbonyl (C=O) groups excluding carboxylic acids is 1. The lowest BCUT2D eigenvalue weighted by atomic mass is 10.0. The maximum absolute atomic E-state index is 13.1. The van der Waals surface area contributed by atoms with Crippen LogP contribution in [0.5, 0.6) is 0 Å². The van der Waals surface area contributed by atoms with Gasteiger partial charge in [0.2, 0.25) is 15.9 Å². The number of sulfonamides is 1. The van der Waals surface area contributed by atoms with Gasteiger partial charge in [0.1, 0.15) is 6.04 Å². The summed E-state index contributed by atoms with van der Waals surface area (Å²) in [5, 5.41) is 2.92. The molecule has 2 N–H and O–H groups in total. The predicted molar refractivity (Wildman–Crippen MR) is 121 cm³/mol. The monoisotopic (exact) mass is 477 g/mol. The molecule has 2 aromatic carbocycles. The number of nitrogens with zero attached hydrogens (tertiary/aromatic N) is 1. The van der Waals surface area contributed by atoms with Crippen LogP contribution in [0.4, 0.5) is 0 Å². The molecule has 2 aromatic rings. The molecule has 32 heavy (non-hydrogen) atoms. The molecule has 2 aliphatic rings. The van der Waals surface area contributed by atoms with Crippen molar-refractivity contribution in [1.29, 1.82) is 0 Å². The Morgan fingerprint density at radius 3 is 2.22 bits per heavy atom. The van der Waals surface area contributed by atoms with Crippen molar-refractivity contribution in [2.24, 2.45) is 0 Å². The largest absolute Gasteiger partial charge is 0.350 e. The maximum atomic E-state index is 13.1. The van der Waals surface area contributed by atoms with E-state index >= 15 is 0 Å². The van der Waals surface area contributed by atoms with Gasteiger partial charge >= 0.3 is 0 Å². The van der Waals surface area contributed by atoms with Gasteiger partial charge < -0.3 is 5.32 Å². The van der Waals surface area contributed by atoms with Crippen molar-refractivity contribution in [3.8, 4) is 0 Å². The molecule has 0 radical (unpaired) electrons. The van der Waals surface area contributed by atoms with Crippen LogP contribution in [0, 0.1) is 0 Å². The predicted octanol–water partition coefficient (Wildman–Crippen LogP) is 1.22. The molecule has 2 fully saturated rings. The van der Waals surface area contributed by atoms with Crippen molar-refractivity contribution >= 4 is 25.8 Å². The molecule has 0 spiro atoms. The van der Waals surface area contributed by atoms with E-state index in [2.05, 4.69) is 10.0 Å². The molecule has 0 bridgehead atoms. The highest BCUT2D eigenvalue weighted by Crippen LogP contribution is 2.24. The summed E-state index contributed by atoms with van der Waals surface area (Å²) in [5.41, 5.74) is 1.58. The van der Waals surface area contributed by atoms with Gasteiger partial charge in [0.25, 0.3) is 0 Å². The van der Waals surface area contributed by atoms with Crippen molar-refractivity contribution in [2.45, 2.75) is 36.4 Å². The fraction of sp³-hybridized carbons (Fsp3) is 0.409. The summed E-state index contributed by atoms with van der Waals surface area (Å²) in [7, 11) is -6.57. The molecular weight excluding hydrogens is 450 g/mol. The fourth-order valence-corrected chi connectivity index (χ4v) is 6.24. The minimum Gasteiger partial charge on any atom is -0.350 e. The Morgan fingerprint density at radius 1 is 1.00 bits per heavy atom. The van der Waals surface area contributed by atoms with Gasteiger partial charge in [0.15, 0.2) is 9.84 Å². The molecule has 10 heteroatoms. The lowest BCUT2D eigenvalue weighted by molar-refractivity contribution is -0.126. The fourth-order valence-electron chi connectivity index (χ4n) is 3.71. The van der Waals surface area contributed by atoms with E-state index in [-0.39, 0.29) is 34.9 Å². The molecule has 8 nitrogen and oxygen atoms in total. The van der Waals surface area contributed by atoms with Crippen LogP contribution in [0.2, 0.25) is 0 Å². The van der Waals surface area contributed by atoms with E-state index < -0.39 is 25.9 Å². The quantitative estimate of drug-likeness (QED) is 0.591. The standard InChI is InChI=1S/C22H27N3O5S2/c26-22(21(18-4-2-1-3-5-18)25-12-14-31(27,28)15-13-25)23-16-17-6-10-20(11-7-17)32(29,30)24-19-8-9-19/h1-7,10-11,19,21,24H,8-9,12-16H2,(H,23,26). The highest BCUT2D eigenvalue weighted by atomic mass is 32.2. The van der Waals surface area contributed by atoms with Crippen LogP contribution in [0.3, 0.4) is 0 Å². The van der Waals surface area contributed by atoms with Gasteiger partial charge in [-0.3, -0.25) is 9.69 Å². The van der Waals surface area contributed by atoms with Crippen LogP contribution >= 0.6 is 0 Å². The number of nitrogens with one attached hydrogen (secondary N) is 2. The molecule has 1 saturated carbocycles. The molecule has 1 aliphatic heterocycles. The van der Waals surface area contributed by atoms with Gasteiger partial charge in [0.05, 0.1) is 16.4 Å². The first-order chi connectivity index (χ1) is 15.2. The Kier molecular flexibility index (Phi) is 6.66. The summed E-state index contributed by atoms with van der Waals surface area (Å²) in [4.78, 5) is 15.2. The molecule has 1 heterocycles. The Balaban J connectivity index is 1.43. The number of hydrogen-bond donors (Lipinski definition) is 2. The second-order valence-corrected chi connectivity index (χ2v) is 12.3. The zero-order chi connectivity index (χ0) is 22.8. The van der Waals surface area contributed by atoms with Gasteiger partial charge in [-0.2, -0.15) is 0 Å². The van der Waals surface area contributed by atoms with E-state index in [0.717, 1.165) is 24.0 Å². The topological polar surface area (TPSA) is 113 Å². The zero-order valence-electron chi connectivity index (χ0n) is 17.6. The summed E-state index contributed by atoms with van der Waals surface area (Å²) >= 11 is 0. The van der Waals surface area contributed by atoms with Crippen molar-refractivity contribution in [3.05, 3.63) is 65.7 Å². The van der Waals surface area contributed by atoms with Crippen LogP contribution in [0.15, 0.2) is 59.5 Å². The van der Waals surface area contributed by atoms with Gasteiger partial charge in [-0.05, 0) is 36.1 Å². The molecular formula is C22H27N3O5S2. The van der Waals surface area contributed by atoms with E-state index in [1.165, 1.54) is 12.1 Å². The third kappa shape index (κ3) is 5.74. The second kappa shape index (κ2) is 9.30. The summed E-state index contributed by atoms with van der Waals surface area (Å²) < 4.78 is 50.9. The first-order valence-electron chi connectivity index (χ1n) is 10.6. The lowest BCUT2D eigenvalue weighted by Gasteiger charge is -2.33. The average Bonchev–Trinajstić information content (AvgIpc) is 3.58. The Labute approximate surface area is 189 Å². The van der Waals surface area contributed by atoms with Crippen LogP contribution in [0.1, 0.15) is 30.0 Å². The van der Waals surface area contributed by atoms with Crippen LogP contribution in [0.25, 0.3) is 0 Å². The SMILES string of the molecule is O=C(NCc1ccc(S(=O)(=O)NC2CC2)cc1)C(c1ccccc1)N1CCS(=O)(=O)CC1. The van der Waals surface area contributed by atoms with Crippen molar-refractivity contribution < 1.29 is 21.6 Å². The number of amides is 1. The Morgan fingerprint density at radius 2 is 1.62 bits per heavy atom. The third-order valence-corrected chi connectivity index (χ3v) is 8.85. The molecule has 1 unspecified atom stereocenters. The smallest absolute Gasteiger partial charge is 0.242 e. The van der Waals surface area contributed by atoms with Gasteiger partial charge in [-0.25, -0.2) is 21.6 Å². The Bertz CT molecular complexity index is 1150. The van der Waals surface area contributed by atoms with Crippen molar-refractivity contribution in [1.82, 2.24) is 14.9 Å². The first kappa shape index (κ1) is 22.9. The minimum atomic E-state index is -3.51. The minimum absolute atomic E-state index is 0.0362. The average molecular weight is 478 g/mol. The van der Waals surface area contributed by atoms with Crippen molar-refractivity contribution in [3.63, 3.8) is 0 Å². The van der Waals surface area contributed by atoms with Crippen LogP contribution < -0.4 is 10.0 Å². The van der Waals surface area contributed by atoms with E-state index in [1.807, 2.05) is 35.2 Å². The summed E-state index contributed by atoms with van der Waals surface area (Å²) in [6, 6.07) is 15.2. The maximum Gasteiger partial charge on any atom is 0.242 e. The molecule has 0 aromatic heterocycles. The summed E-state index contributed by atoms with van der Waals surface area (Å²) in [5.74, 6) is -0.148. The number of benzene rings is 2. The summed E-state index contributed by atoms with van der Waals surface area (Å²) in [6.45, 7) is 0.844. The van der Waals surface area contributed by atoms with Gasteiger partial charge in [-0.15, -0.1) is 0 Å². The number of sulfone groups is 1. The second-order valence-electron chi connectivity index (χ2n) is 8.26. The third-order valence-electron chi connectivity index (χ3n) is 5.71. The first-order valence-corrected chi connectivity index (χ1v) is 13.9. The highest BCUT2D eigenvalue weighted by molar-refractivity contribution is 7.91. The van der Waals surface area contributed by atoms with Crippen LogP contribution in [-0.4, -0.2) is 58.3 Å². The Hall–Kier alpha value is -2.27. The zero-order valence-corrected chi connectivity index (χ0v) is 19.2. The highest BCUT2D eigenvalue weighted by Gasteiger charge is 2.32. The van der Waals surface area contributed by atoms with Gasteiger partial charge in [-0.1, -0.05) is 42.5 Å². The number of hydrogen-bond acceptors (Lipinski definition) is 6. The molecule has 1 amide bonds. The lowest BCUT2D eigenvalue weighted by Crippen LogP contribution is -2.47. The molecule has 1 atom stereocenters. The van der Waals surface area contributed by atoms with E-state index in [9.17, 15) is 21.6 Å². The molecule has 1 saturated heterocycles. The van der Waals surface area contributed by atoms with Gasteiger partial charge in [0, 0.05) is 25.7 Å². The number of carbonyl (C=O) groups is 1. The van der Waals surface area contributed by atoms with E-state index in [4.69, 9.17) is 0 Å².